The van der Waals surface area contributed by atoms with Crippen LogP contribution < -0.4 is 4.74 Å². The van der Waals surface area contributed by atoms with Gasteiger partial charge in [-0.15, -0.1) is 0 Å². The number of pyridine rings is 1. The average Bonchev–Trinajstić information content (AvgIpc) is 3.52. The fourth-order valence-corrected chi connectivity index (χ4v) is 4.21. The summed E-state index contributed by atoms with van der Waals surface area (Å²) in [7, 11) is 1.64. The fraction of sp³-hybridized carbons (Fsp3) is 0.0370. The lowest BCUT2D eigenvalue weighted by atomic mass is 10.0. The highest BCUT2D eigenvalue weighted by Crippen LogP contribution is 2.35. The van der Waals surface area contributed by atoms with Crippen molar-refractivity contribution in [1.82, 2.24) is 19.9 Å². The molecule has 0 aliphatic carbocycles. The molecule has 3 aromatic carbocycles. The van der Waals surface area contributed by atoms with E-state index in [4.69, 9.17) is 14.3 Å². The number of ether oxygens (including phenoxy) is 1. The van der Waals surface area contributed by atoms with Crippen LogP contribution in [0.15, 0.2) is 89.8 Å². The van der Waals surface area contributed by atoms with Crippen molar-refractivity contribution < 1.29 is 19.3 Å². The maximum absolute atomic E-state index is 11.2. The zero-order valence-corrected chi connectivity index (χ0v) is 18.5. The largest absolute Gasteiger partial charge is 0.497 e. The van der Waals surface area contributed by atoms with E-state index >= 15 is 0 Å². The molecule has 8 nitrogen and oxygen atoms in total. The maximum Gasteiger partial charge on any atom is 0.335 e. The quantitative estimate of drug-likeness (QED) is 0.355. The molecule has 6 rings (SSSR count). The number of aromatic carboxylic acids is 1. The Morgan fingerprint density at radius 3 is 2.51 bits per heavy atom. The summed E-state index contributed by atoms with van der Waals surface area (Å²) in [6, 6.07) is 22.4. The molecule has 35 heavy (non-hydrogen) atoms. The normalized spacial score (nSPS) is 11.2. The maximum atomic E-state index is 11.2. The molecular weight excluding hydrogens is 444 g/mol. The number of hydrogen-bond donors (Lipinski definition) is 1. The molecule has 0 radical (unpaired) electrons. The predicted molar refractivity (Wildman–Crippen MR) is 131 cm³/mol. The zero-order valence-electron chi connectivity index (χ0n) is 18.5. The molecule has 170 valence electrons. The number of carboxylic acids is 1. The fourth-order valence-electron chi connectivity index (χ4n) is 4.21. The van der Waals surface area contributed by atoms with Crippen LogP contribution >= 0.6 is 0 Å². The Balaban J connectivity index is 1.57. The van der Waals surface area contributed by atoms with Gasteiger partial charge in [-0.3, -0.25) is 0 Å². The van der Waals surface area contributed by atoms with Crippen LogP contribution in [0.3, 0.4) is 0 Å². The van der Waals surface area contributed by atoms with Crippen molar-refractivity contribution in [3.05, 3.63) is 90.8 Å². The minimum Gasteiger partial charge on any atom is -0.497 e. The van der Waals surface area contributed by atoms with Crippen LogP contribution in [0.25, 0.3) is 50.0 Å². The molecule has 0 fully saturated rings. The van der Waals surface area contributed by atoms with E-state index in [2.05, 4.69) is 16.4 Å². The second-order valence-electron chi connectivity index (χ2n) is 8.06. The monoisotopic (exact) mass is 462 g/mol. The van der Waals surface area contributed by atoms with Gasteiger partial charge in [0.25, 0.3) is 0 Å². The van der Waals surface area contributed by atoms with Crippen molar-refractivity contribution in [2.45, 2.75) is 0 Å². The van der Waals surface area contributed by atoms with Crippen LogP contribution in [0.4, 0.5) is 0 Å². The standard InChI is InChI=1S/C27H18N4O4/c1-34-21-4-2-3-20(13-21)31-15-23(18-9-10-24-25(12-18)30-35-29-24)22-11-19(14-28-26(22)31)16-5-7-17(8-6-16)27(32)33/h2-15H,1H3,(H,32,33). The Morgan fingerprint density at radius 2 is 1.71 bits per heavy atom. The second-order valence-corrected chi connectivity index (χ2v) is 8.06. The Kier molecular flexibility index (Phi) is 4.77. The Bertz CT molecular complexity index is 1720. The van der Waals surface area contributed by atoms with Gasteiger partial charge in [0.05, 0.1) is 18.4 Å². The van der Waals surface area contributed by atoms with Crippen molar-refractivity contribution in [3.63, 3.8) is 0 Å². The number of carboxylic acid groups (broad SMARTS) is 1. The molecule has 8 heteroatoms. The second kappa shape index (κ2) is 8.11. The van der Waals surface area contributed by atoms with E-state index < -0.39 is 5.97 Å². The topological polar surface area (TPSA) is 103 Å². The number of fused-ring (bicyclic) bond motifs is 2. The third-order valence-electron chi connectivity index (χ3n) is 6.00. The molecule has 1 N–H and O–H groups in total. The molecule has 0 unspecified atom stereocenters. The van der Waals surface area contributed by atoms with Gasteiger partial charge in [0.15, 0.2) is 0 Å². The molecule has 0 aliphatic heterocycles. The third-order valence-corrected chi connectivity index (χ3v) is 6.00. The highest BCUT2D eigenvalue weighted by molar-refractivity contribution is 5.99. The summed E-state index contributed by atoms with van der Waals surface area (Å²) in [5.41, 5.74) is 6.93. The Morgan fingerprint density at radius 1 is 0.914 bits per heavy atom. The Labute approximate surface area is 199 Å². The molecule has 0 bridgehead atoms. The van der Waals surface area contributed by atoms with Gasteiger partial charge >= 0.3 is 5.97 Å². The molecule has 3 aromatic heterocycles. The van der Waals surface area contributed by atoms with Gasteiger partial charge in [-0.05, 0) is 63.9 Å². The van der Waals surface area contributed by atoms with Gasteiger partial charge in [0.2, 0.25) is 0 Å². The van der Waals surface area contributed by atoms with Crippen LogP contribution in [-0.4, -0.2) is 38.1 Å². The molecule has 0 saturated carbocycles. The summed E-state index contributed by atoms with van der Waals surface area (Å²) in [5.74, 6) is -0.211. The summed E-state index contributed by atoms with van der Waals surface area (Å²) in [4.78, 5) is 16.0. The lowest BCUT2D eigenvalue weighted by Gasteiger charge is -2.08. The predicted octanol–water partition coefficient (Wildman–Crippen LogP) is 5.60. The van der Waals surface area contributed by atoms with Crippen molar-refractivity contribution in [2.75, 3.05) is 7.11 Å². The van der Waals surface area contributed by atoms with Crippen molar-refractivity contribution in [2.24, 2.45) is 0 Å². The highest BCUT2D eigenvalue weighted by atomic mass is 16.6. The number of benzene rings is 3. The number of aromatic nitrogens is 4. The van der Waals surface area contributed by atoms with Crippen LogP contribution in [0.5, 0.6) is 5.75 Å². The summed E-state index contributed by atoms with van der Waals surface area (Å²) in [6.45, 7) is 0. The third kappa shape index (κ3) is 3.57. The van der Waals surface area contributed by atoms with Gasteiger partial charge in [-0.1, -0.05) is 24.3 Å². The number of nitrogens with zero attached hydrogens (tertiary/aromatic N) is 4. The number of rotatable bonds is 5. The van der Waals surface area contributed by atoms with Crippen LogP contribution in [-0.2, 0) is 0 Å². The molecule has 0 spiro atoms. The summed E-state index contributed by atoms with van der Waals surface area (Å²) in [6.07, 6.45) is 3.84. The van der Waals surface area contributed by atoms with Crippen molar-refractivity contribution in [1.29, 1.82) is 0 Å². The van der Waals surface area contributed by atoms with E-state index in [1.54, 1.807) is 37.6 Å². The van der Waals surface area contributed by atoms with Crippen LogP contribution in [0.2, 0.25) is 0 Å². The number of methoxy groups -OCH3 is 1. The number of hydrogen-bond acceptors (Lipinski definition) is 6. The highest BCUT2D eigenvalue weighted by Gasteiger charge is 2.16. The number of carbonyl (C=O) groups is 1. The summed E-state index contributed by atoms with van der Waals surface area (Å²) < 4.78 is 12.3. The first-order chi connectivity index (χ1) is 17.1. The van der Waals surface area contributed by atoms with E-state index in [1.165, 1.54) is 0 Å². The molecule has 0 saturated heterocycles. The van der Waals surface area contributed by atoms with E-state index in [-0.39, 0.29) is 5.56 Å². The molecule has 3 heterocycles. The van der Waals surface area contributed by atoms with Gasteiger partial charge in [-0.2, -0.15) is 0 Å². The van der Waals surface area contributed by atoms with Gasteiger partial charge in [-0.25, -0.2) is 14.4 Å². The van der Waals surface area contributed by atoms with Crippen LogP contribution in [0.1, 0.15) is 10.4 Å². The first-order valence-corrected chi connectivity index (χ1v) is 10.8. The summed E-state index contributed by atoms with van der Waals surface area (Å²) in [5, 5.41) is 18.0. The molecule has 0 atom stereocenters. The lowest BCUT2D eigenvalue weighted by molar-refractivity contribution is 0.0697. The minimum absolute atomic E-state index is 0.238. The first kappa shape index (κ1) is 20.6. The molecule has 0 aliphatic rings. The minimum atomic E-state index is -0.958. The van der Waals surface area contributed by atoms with E-state index in [0.29, 0.717) is 11.0 Å². The summed E-state index contributed by atoms with van der Waals surface area (Å²) >= 11 is 0. The van der Waals surface area contributed by atoms with E-state index in [0.717, 1.165) is 44.7 Å². The molecule has 0 amide bonds. The Hall–Kier alpha value is -4.98. The van der Waals surface area contributed by atoms with Gasteiger partial charge in [0.1, 0.15) is 22.4 Å². The van der Waals surface area contributed by atoms with E-state index in [1.807, 2.05) is 53.2 Å². The molecule has 6 aromatic rings. The SMILES string of the molecule is COc1cccc(-n2cc(-c3ccc4nonc4c3)c3cc(-c4ccc(C(=O)O)cc4)cnc32)c1. The zero-order chi connectivity index (χ0) is 23.9. The lowest BCUT2D eigenvalue weighted by Crippen LogP contribution is -1.96. The van der Waals surface area contributed by atoms with Gasteiger partial charge in [0, 0.05) is 35.0 Å². The first-order valence-electron chi connectivity index (χ1n) is 10.8. The van der Waals surface area contributed by atoms with Gasteiger partial charge < -0.3 is 14.4 Å². The van der Waals surface area contributed by atoms with Crippen molar-refractivity contribution >= 4 is 28.0 Å². The van der Waals surface area contributed by atoms with Crippen molar-refractivity contribution in [3.8, 4) is 33.7 Å². The van der Waals surface area contributed by atoms with E-state index in [9.17, 15) is 9.90 Å². The molecular formula is C27H18N4O4. The average molecular weight is 462 g/mol. The van der Waals surface area contributed by atoms with Crippen LogP contribution in [0, 0.1) is 0 Å². The smallest absolute Gasteiger partial charge is 0.335 e.